The van der Waals surface area contributed by atoms with Gasteiger partial charge in [0.1, 0.15) is 11.4 Å². The molecule has 2 atom stereocenters. The van der Waals surface area contributed by atoms with E-state index in [0.29, 0.717) is 19.6 Å². The maximum Gasteiger partial charge on any atom is 0.511 e. The number of nitrogens with one attached hydrogen (secondary N) is 1. The average Bonchev–Trinajstić information content (AvgIpc) is 3.12. The number of piperidine rings is 1. The molecule has 9 nitrogen and oxygen atoms in total. The molecule has 2 saturated heterocycles. The maximum absolute atomic E-state index is 15.2. The van der Waals surface area contributed by atoms with Crippen LogP contribution in [0.5, 0.6) is 5.75 Å². The Balaban J connectivity index is 1.66. The van der Waals surface area contributed by atoms with Gasteiger partial charge in [0.25, 0.3) is 0 Å². The highest BCUT2D eigenvalue weighted by Gasteiger charge is 2.43. The molecule has 11 heteroatoms. The smallest absolute Gasteiger partial charge is 0.449 e. The van der Waals surface area contributed by atoms with Gasteiger partial charge in [0.15, 0.2) is 5.75 Å². The monoisotopic (exact) mass is 481 g/mol. The third kappa shape index (κ3) is 4.44. The normalized spacial score (nSPS) is 20.6. The number of fused-ring (bicyclic) bond motifs is 2. The second kappa shape index (κ2) is 8.40. The van der Waals surface area contributed by atoms with Crippen LogP contribution in [-0.2, 0) is 4.74 Å². The van der Waals surface area contributed by atoms with E-state index in [0.717, 1.165) is 25.1 Å². The van der Waals surface area contributed by atoms with E-state index in [9.17, 15) is 14.4 Å². The van der Waals surface area contributed by atoms with Crippen LogP contribution in [0.15, 0.2) is 17.1 Å². The number of nitrogens with zero attached hydrogens (tertiary/aromatic N) is 2. The Hall–Kier alpha value is -3.01. The number of carbonyl (C=O) groups is 2. The van der Waals surface area contributed by atoms with Crippen LogP contribution >= 0.6 is 11.6 Å². The number of aromatic amines is 1. The number of carbonyl (C=O) groups excluding carboxylic acids is 1. The Labute approximate surface area is 194 Å². The van der Waals surface area contributed by atoms with Crippen molar-refractivity contribution in [3.63, 3.8) is 0 Å². The van der Waals surface area contributed by atoms with Crippen molar-refractivity contribution in [1.82, 2.24) is 9.88 Å². The summed E-state index contributed by atoms with van der Waals surface area (Å²) in [5.74, 6) is -1.06. The lowest BCUT2D eigenvalue weighted by molar-refractivity contribution is 0.00669. The van der Waals surface area contributed by atoms with Crippen molar-refractivity contribution in [3.05, 3.63) is 33.3 Å². The standard InChI is InChI=1S/C22H25ClFN3O6/c1-22(2,3)33-20(29)27-6-4-5-11-9-26(10-14(11)27)18-13(24)7-12-17(16(18)23)25-8-15(19(12)28)32-21(30)31/h7-8,11,14H,4-6,9-10H2,1-3H3,(H,25,28)(H,30,31)/t11-,14+/m0/s1. The van der Waals surface area contributed by atoms with Gasteiger partial charge in [-0.1, -0.05) is 11.6 Å². The third-order valence-corrected chi connectivity index (χ3v) is 6.30. The minimum Gasteiger partial charge on any atom is -0.449 e. The van der Waals surface area contributed by atoms with Gasteiger partial charge in [-0.2, -0.15) is 0 Å². The fraction of sp³-hybridized carbons (Fsp3) is 0.500. The van der Waals surface area contributed by atoms with Gasteiger partial charge >= 0.3 is 12.2 Å². The summed E-state index contributed by atoms with van der Waals surface area (Å²) in [5.41, 5.74) is -1.10. The number of rotatable bonds is 2. The zero-order chi connectivity index (χ0) is 24.1. The van der Waals surface area contributed by atoms with Gasteiger partial charge in [-0.15, -0.1) is 0 Å². The number of aromatic nitrogens is 1. The lowest BCUT2D eigenvalue weighted by Gasteiger charge is -2.37. The fourth-order valence-corrected chi connectivity index (χ4v) is 5.00. The SMILES string of the molecule is CC(C)(C)OC(=O)N1CCC[C@H]2CN(c3c(F)cc4c(=O)c(OC(=O)O)c[nH]c4c3Cl)C[C@H]21. The molecule has 178 valence electrons. The highest BCUT2D eigenvalue weighted by molar-refractivity contribution is 6.37. The van der Waals surface area contributed by atoms with Crippen molar-refractivity contribution >= 4 is 40.4 Å². The number of halogens is 2. The summed E-state index contributed by atoms with van der Waals surface area (Å²) in [4.78, 5) is 42.3. The molecule has 0 saturated carbocycles. The van der Waals surface area contributed by atoms with Gasteiger partial charge in [-0.05, 0) is 45.6 Å². The summed E-state index contributed by atoms with van der Waals surface area (Å²) in [6.45, 7) is 6.87. The Morgan fingerprint density at radius 3 is 2.70 bits per heavy atom. The van der Waals surface area contributed by atoms with Gasteiger partial charge in [0.05, 0.1) is 27.7 Å². The van der Waals surface area contributed by atoms with E-state index in [-0.39, 0.29) is 39.7 Å². The van der Waals surface area contributed by atoms with E-state index in [1.807, 2.05) is 20.8 Å². The van der Waals surface area contributed by atoms with Gasteiger partial charge in [-0.25, -0.2) is 14.0 Å². The summed E-state index contributed by atoms with van der Waals surface area (Å²) < 4.78 is 25.2. The summed E-state index contributed by atoms with van der Waals surface area (Å²) in [7, 11) is 0. The van der Waals surface area contributed by atoms with Crippen molar-refractivity contribution < 1.29 is 28.6 Å². The van der Waals surface area contributed by atoms with Gasteiger partial charge in [0.2, 0.25) is 5.43 Å². The predicted octanol–water partition coefficient (Wildman–Crippen LogP) is 4.21. The van der Waals surface area contributed by atoms with E-state index >= 15 is 4.39 Å². The number of H-pyrrole nitrogens is 1. The topological polar surface area (TPSA) is 112 Å². The van der Waals surface area contributed by atoms with Crippen LogP contribution < -0.4 is 15.1 Å². The molecule has 2 aliphatic rings. The molecule has 0 aliphatic carbocycles. The second-order valence-corrected chi connectivity index (χ2v) is 9.72. The number of pyridine rings is 1. The van der Waals surface area contributed by atoms with Crippen molar-refractivity contribution in [2.24, 2.45) is 5.92 Å². The first-order valence-corrected chi connectivity index (χ1v) is 11.0. The Morgan fingerprint density at radius 1 is 1.30 bits per heavy atom. The zero-order valence-corrected chi connectivity index (χ0v) is 19.2. The van der Waals surface area contributed by atoms with Crippen molar-refractivity contribution in [2.75, 3.05) is 24.5 Å². The minimum atomic E-state index is -1.66. The molecule has 4 rings (SSSR count). The average molecular weight is 482 g/mol. The number of hydrogen-bond acceptors (Lipinski definition) is 6. The number of likely N-dealkylation sites (tertiary alicyclic amines) is 1. The van der Waals surface area contributed by atoms with E-state index in [1.54, 1.807) is 9.80 Å². The van der Waals surface area contributed by atoms with Gasteiger partial charge < -0.3 is 29.4 Å². The van der Waals surface area contributed by atoms with E-state index in [2.05, 4.69) is 9.72 Å². The molecule has 2 aromatic rings. The first-order chi connectivity index (χ1) is 15.5. The first-order valence-electron chi connectivity index (χ1n) is 10.6. The summed E-state index contributed by atoms with van der Waals surface area (Å²) in [5, 5.41) is 8.65. The molecule has 1 amide bonds. The molecule has 2 N–H and O–H groups in total. The number of benzene rings is 1. The highest BCUT2D eigenvalue weighted by atomic mass is 35.5. The van der Waals surface area contributed by atoms with Gasteiger partial charge in [-0.3, -0.25) is 4.79 Å². The van der Waals surface area contributed by atoms with Gasteiger partial charge in [0, 0.05) is 25.8 Å². The van der Waals surface area contributed by atoms with Crippen LogP contribution in [0.25, 0.3) is 10.9 Å². The molecule has 1 aromatic heterocycles. The number of amides is 1. The van der Waals surface area contributed by atoms with E-state index in [1.165, 1.54) is 0 Å². The molecule has 2 aliphatic heterocycles. The van der Waals surface area contributed by atoms with Crippen LogP contribution in [0.1, 0.15) is 33.6 Å². The molecular weight excluding hydrogens is 457 g/mol. The number of anilines is 1. The molecule has 33 heavy (non-hydrogen) atoms. The summed E-state index contributed by atoms with van der Waals surface area (Å²) in [6, 6.07) is 0.877. The molecule has 0 spiro atoms. The van der Waals surface area contributed by atoms with Crippen LogP contribution in [-0.4, -0.2) is 58.5 Å². The first kappa shape index (κ1) is 23.2. The number of carboxylic acid groups (broad SMARTS) is 1. The van der Waals surface area contributed by atoms with Crippen molar-refractivity contribution in [1.29, 1.82) is 0 Å². The minimum absolute atomic E-state index is 0.00596. The molecule has 2 fully saturated rings. The number of hydrogen-bond donors (Lipinski definition) is 2. The fourth-order valence-electron chi connectivity index (χ4n) is 4.63. The van der Waals surface area contributed by atoms with Crippen LogP contribution in [0, 0.1) is 11.7 Å². The molecule has 0 unspecified atom stereocenters. The lowest BCUT2D eigenvalue weighted by atomic mass is 9.92. The second-order valence-electron chi connectivity index (χ2n) is 9.34. The molecule has 1 aromatic carbocycles. The Bertz CT molecular complexity index is 1180. The molecule has 3 heterocycles. The predicted molar refractivity (Wildman–Crippen MR) is 120 cm³/mol. The van der Waals surface area contributed by atoms with Crippen molar-refractivity contribution in [3.8, 4) is 5.75 Å². The van der Waals surface area contributed by atoms with Crippen molar-refractivity contribution in [2.45, 2.75) is 45.3 Å². The van der Waals surface area contributed by atoms with Crippen LogP contribution in [0.2, 0.25) is 5.02 Å². The maximum atomic E-state index is 15.2. The Morgan fingerprint density at radius 2 is 2.03 bits per heavy atom. The Kier molecular flexibility index (Phi) is 5.90. The highest BCUT2D eigenvalue weighted by Crippen LogP contribution is 2.40. The van der Waals surface area contributed by atoms with Crippen LogP contribution in [0.4, 0.5) is 19.7 Å². The quantitative estimate of drug-likeness (QED) is 0.618. The van der Waals surface area contributed by atoms with Crippen LogP contribution in [0.3, 0.4) is 0 Å². The number of ether oxygens (including phenoxy) is 2. The van der Waals surface area contributed by atoms with E-state index < -0.39 is 28.8 Å². The largest absolute Gasteiger partial charge is 0.511 e. The molecular formula is C22H25ClFN3O6. The van der Waals surface area contributed by atoms with E-state index in [4.69, 9.17) is 21.4 Å². The molecule has 0 radical (unpaired) electrons. The third-order valence-electron chi connectivity index (χ3n) is 5.93. The lowest BCUT2D eigenvalue weighted by Crippen LogP contribution is -2.50. The molecule has 0 bridgehead atoms. The zero-order valence-electron chi connectivity index (χ0n) is 18.5. The summed E-state index contributed by atoms with van der Waals surface area (Å²) in [6.07, 6.45) is 0.749. The summed E-state index contributed by atoms with van der Waals surface area (Å²) >= 11 is 6.53.